The maximum absolute atomic E-state index is 12.2. The van der Waals surface area contributed by atoms with E-state index in [2.05, 4.69) is 19.9 Å². The van der Waals surface area contributed by atoms with Crippen molar-refractivity contribution in [3.8, 4) is 0 Å². The summed E-state index contributed by atoms with van der Waals surface area (Å²) in [7, 11) is 0. The zero-order valence-electron chi connectivity index (χ0n) is 14.7. The number of aryl methyl sites for hydroxylation is 1. The number of nitrogens with zero attached hydrogens (tertiary/aromatic N) is 5. The Balaban J connectivity index is 1.31. The zero-order chi connectivity index (χ0) is 17.0. The second-order valence-corrected chi connectivity index (χ2v) is 8.72. The first-order valence-electron chi connectivity index (χ1n) is 9.60. The van der Waals surface area contributed by atoms with Crippen LogP contribution in [-0.4, -0.2) is 51.7 Å². The van der Waals surface area contributed by atoms with Crippen LogP contribution in [0.5, 0.6) is 0 Å². The summed E-state index contributed by atoms with van der Waals surface area (Å²) in [6.07, 6.45) is 6.58. The molecule has 7 heteroatoms. The molecule has 3 atom stereocenters. The molecule has 1 aliphatic heterocycles. The average Bonchev–Trinajstić information content (AvgIpc) is 3.36. The summed E-state index contributed by atoms with van der Waals surface area (Å²) in [5.41, 5.74) is 0.784. The molecule has 134 valence electrons. The van der Waals surface area contributed by atoms with Gasteiger partial charge in [0, 0.05) is 44.0 Å². The van der Waals surface area contributed by atoms with E-state index in [0.29, 0.717) is 0 Å². The summed E-state index contributed by atoms with van der Waals surface area (Å²) in [6, 6.07) is 2.43. The lowest BCUT2D eigenvalue weighted by Crippen LogP contribution is -2.51. The number of piperazine rings is 1. The molecule has 1 saturated heterocycles. The van der Waals surface area contributed by atoms with Crippen LogP contribution in [0.3, 0.4) is 0 Å². The van der Waals surface area contributed by atoms with Crippen molar-refractivity contribution in [2.45, 2.75) is 45.1 Å². The van der Waals surface area contributed by atoms with Crippen molar-refractivity contribution in [1.82, 2.24) is 19.5 Å². The van der Waals surface area contributed by atoms with Crippen LogP contribution in [0, 0.1) is 11.8 Å². The largest absolute Gasteiger partial charge is 0.344 e. The van der Waals surface area contributed by atoms with E-state index in [0.717, 1.165) is 66.3 Å². The van der Waals surface area contributed by atoms with Crippen LogP contribution in [-0.2, 0) is 6.42 Å². The molecule has 2 aromatic heterocycles. The fourth-order valence-corrected chi connectivity index (χ4v) is 6.04. The lowest BCUT2D eigenvalue weighted by molar-refractivity contribution is 0.135. The van der Waals surface area contributed by atoms with Crippen LogP contribution in [0.1, 0.15) is 38.3 Å². The monoisotopic (exact) mass is 359 g/mol. The second kappa shape index (κ2) is 6.06. The normalized spacial score (nSPS) is 29.8. The van der Waals surface area contributed by atoms with Gasteiger partial charge in [-0.05, 0) is 37.5 Å². The molecule has 3 fully saturated rings. The molecule has 3 unspecified atom stereocenters. The maximum atomic E-state index is 12.2. The van der Waals surface area contributed by atoms with Gasteiger partial charge in [0.05, 0.1) is 0 Å². The van der Waals surface area contributed by atoms with Crippen LogP contribution in [0.25, 0.3) is 4.96 Å². The van der Waals surface area contributed by atoms with Crippen LogP contribution < -0.4 is 10.5 Å². The Labute approximate surface area is 151 Å². The van der Waals surface area contributed by atoms with Gasteiger partial charge in [-0.15, -0.1) is 5.10 Å². The summed E-state index contributed by atoms with van der Waals surface area (Å²) >= 11 is 1.54. The third-order valence-corrected chi connectivity index (χ3v) is 7.37. The fraction of sp³-hybridized carbons (Fsp3) is 0.722. The highest BCUT2D eigenvalue weighted by atomic mass is 32.1. The molecule has 0 N–H and O–H groups in total. The summed E-state index contributed by atoms with van der Waals surface area (Å²) < 4.78 is 1.46. The van der Waals surface area contributed by atoms with Crippen LogP contribution in [0.4, 0.5) is 5.13 Å². The average molecular weight is 359 g/mol. The number of anilines is 1. The van der Waals surface area contributed by atoms with Crippen molar-refractivity contribution in [2.75, 3.05) is 31.1 Å². The maximum Gasteiger partial charge on any atom is 0.275 e. The number of aromatic nitrogens is 3. The first kappa shape index (κ1) is 15.8. The molecule has 2 aromatic rings. The van der Waals surface area contributed by atoms with Gasteiger partial charge in [-0.25, -0.2) is 4.98 Å². The molecule has 3 heterocycles. The standard InChI is InChI=1S/C18H25N5OS/c1-2-14-11-16(24)23-17(19-14)25-18(20-23)22-7-5-21(6-8-22)15-10-12-3-4-13(15)9-12/h11-13,15H,2-10H2,1H3. The molecule has 0 amide bonds. The first-order chi connectivity index (χ1) is 12.2. The molecule has 25 heavy (non-hydrogen) atoms. The van der Waals surface area contributed by atoms with Crippen molar-refractivity contribution >= 4 is 21.4 Å². The molecule has 0 radical (unpaired) electrons. The smallest absolute Gasteiger partial charge is 0.275 e. The lowest BCUT2D eigenvalue weighted by atomic mass is 9.93. The number of rotatable bonds is 3. The Hall–Kier alpha value is -1.47. The van der Waals surface area contributed by atoms with E-state index >= 15 is 0 Å². The quantitative estimate of drug-likeness (QED) is 0.839. The highest BCUT2D eigenvalue weighted by Gasteiger charge is 2.42. The van der Waals surface area contributed by atoms with Gasteiger partial charge in [-0.2, -0.15) is 4.52 Å². The molecule has 2 aliphatic carbocycles. The van der Waals surface area contributed by atoms with E-state index in [1.54, 1.807) is 17.4 Å². The third kappa shape index (κ3) is 2.68. The number of hydrogen-bond acceptors (Lipinski definition) is 6. The first-order valence-corrected chi connectivity index (χ1v) is 10.4. The molecule has 0 spiro atoms. The fourth-order valence-electron chi connectivity index (χ4n) is 5.06. The minimum atomic E-state index is -0.0648. The predicted molar refractivity (Wildman–Crippen MR) is 99.5 cm³/mol. The van der Waals surface area contributed by atoms with E-state index in [1.807, 2.05) is 6.92 Å². The molecular formula is C18H25N5OS. The van der Waals surface area contributed by atoms with Crippen molar-refractivity contribution < 1.29 is 0 Å². The van der Waals surface area contributed by atoms with Crippen LogP contribution >= 0.6 is 11.3 Å². The second-order valence-electron chi connectivity index (χ2n) is 7.78. The van der Waals surface area contributed by atoms with Crippen LogP contribution in [0.15, 0.2) is 10.9 Å². The highest BCUT2D eigenvalue weighted by molar-refractivity contribution is 7.20. The van der Waals surface area contributed by atoms with E-state index < -0.39 is 0 Å². The predicted octanol–water partition coefficient (Wildman–Crippen LogP) is 2.02. The van der Waals surface area contributed by atoms with Crippen molar-refractivity contribution in [1.29, 1.82) is 0 Å². The van der Waals surface area contributed by atoms with E-state index in [4.69, 9.17) is 0 Å². The van der Waals surface area contributed by atoms with Gasteiger partial charge in [0.15, 0.2) is 0 Å². The van der Waals surface area contributed by atoms with E-state index in [-0.39, 0.29) is 5.56 Å². The summed E-state index contributed by atoms with van der Waals surface area (Å²) in [5.74, 6) is 1.96. The van der Waals surface area contributed by atoms with Gasteiger partial charge in [0.1, 0.15) is 0 Å². The number of fused-ring (bicyclic) bond motifs is 3. The highest BCUT2D eigenvalue weighted by Crippen LogP contribution is 2.46. The summed E-state index contributed by atoms with van der Waals surface area (Å²) in [6.45, 7) is 6.26. The minimum Gasteiger partial charge on any atom is -0.344 e. The Morgan fingerprint density at radius 3 is 2.72 bits per heavy atom. The van der Waals surface area contributed by atoms with Crippen molar-refractivity contribution in [2.24, 2.45) is 11.8 Å². The molecule has 6 nitrogen and oxygen atoms in total. The summed E-state index contributed by atoms with van der Waals surface area (Å²) in [4.78, 5) is 22.5. The van der Waals surface area contributed by atoms with Gasteiger partial charge >= 0.3 is 0 Å². The summed E-state index contributed by atoms with van der Waals surface area (Å²) in [5, 5.41) is 5.48. The topological polar surface area (TPSA) is 53.7 Å². The minimum absolute atomic E-state index is 0.0648. The SMILES string of the molecule is CCc1cc(=O)n2nc(N3CCN(C4CC5CCC4C5)CC3)sc2n1. The molecule has 2 bridgehead atoms. The Morgan fingerprint density at radius 2 is 2.04 bits per heavy atom. The molecule has 0 aromatic carbocycles. The molecule has 3 aliphatic rings. The number of hydrogen-bond donors (Lipinski definition) is 0. The Bertz CT molecular complexity index is 838. The third-order valence-electron chi connectivity index (χ3n) is 6.40. The Kier molecular flexibility index (Phi) is 3.82. The van der Waals surface area contributed by atoms with Gasteiger partial charge in [0.2, 0.25) is 10.1 Å². The Morgan fingerprint density at radius 1 is 1.20 bits per heavy atom. The molecule has 2 saturated carbocycles. The van der Waals surface area contributed by atoms with Crippen molar-refractivity contribution in [3.05, 3.63) is 22.1 Å². The lowest BCUT2D eigenvalue weighted by Gasteiger charge is -2.40. The van der Waals surface area contributed by atoms with Gasteiger partial charge in [-0.1, -0.05) is 24.7 Å². The zero-order valence-corrected chi connectivity index (χ0v) is 15.5. The van der Waals surface area contributed by atoms with Crippen LogP contribution in [0.2, 0.25) is 0 Å². The van der Waals surface area contributed by atoms with Gasteiger partial charge in [-0.3, -0.25) is 9.69 Å². The molecular weight excluding hydrogens is 334 g/mol. The van der Waals surface area contributed by atoms with Crippen molar-refractivity contribution in [3.63, 3.8) is 0 Å². The van der Waals surface area contributed by atoms with Gasteiger partial charge in [0.25, 0.3) is 5.56 Å². The van der Waals surface area contributed by atoms with Gasteiger partial charge < -0.3 is 4.90 Å². The molecule has 5 rings (SSSR count). The van der Waals surface area contributed by atoms with E-state index in [9.17, 15) is 4.79 Å². The van der Waals surface area contributed by atoms with E-state index in [1.165, 1.54) is 30.2 Å².